The molecule has 0 aromatic carbocycles. The zero-order valence-corrected chi connectivity index (χ0v) is 22.6. The average molecular weight is 561 g/mol. The summed E-state index contributed by atoms with van der Waals surface area (Å²) in [6.07, 6.45) is -1.14. The second kappa shape index (κ2) is 11.7. The van der Waals surface area contributed by atoms with Gasteiger partial charge in [0, 0.05) is 24.2 Å². The normalized spacial score (nSPS) is 17.2. The first-order valence-electron chi connectivity index (χ1n) is 12.5. The summed E-state index contributed by atoms with van der Waals surface area (Å²) in [4.78, 5) is 30.7. The second-order valence-electron chi connectivity index (χ2n) is 10.4. The van der Waals surface area contributed by atoms with Crippen LogP contribution in [0.1, 0.15) is 65.0 Å². The molecule has 3 aromatic heterocycles. The number of amides is 1. The van der Waals surface area contributed by atoms with Crippen molar-refractivity contribution in [3.8, 4) is 11.1 Å². The molecule has 1 fully saturated rings. The maximum Gasteiger partial charge on any atom is 0.433 e. The van der Waals surface area contributed by atoms with Crippen LogP contribution >= 0.6 is 0 Å². The van der Waals surface area contributed by atoms with Crippen molar-refractivity contribution in [1.29, 1.82) is 0 Å². The standard InChI is InChI=1S/C27H31F3N6O3.CH4/c1-15-11-20(33-13-19(15)18-7-9-31-22(12-18)27(28,29)30)16(2)34-24-32-10-8-23(35-24)36-21(14-38-25(36)37)17(3)39-26(4,5)6;/h7-13,16-17,21H,14H2,1-6H3,(H,32,34,35);1H4/t16-,17+,21+;/m0./s1. The first-order valence-corrected chi connectivity index (χ1v) is 12.5. The largest absolute Gasteiger partial charge is 0.447 e. The van der Waals surface area contributed by atoms with Crippen molar-refractivity contribution >= 4 is 17.9 Å². The van der Waals surface area contributed by atoms with Crippen molar-refractivity contribution in [2.24, 2.45) is 0 Å². The van der Waals surface area contributed by atoms with Crippen LogP contribution in [-0.2, 0) is 15.7 Å². The van der Waals surface area contributed by atoms with E-state index >= 15 is 0 Å². The third kappa shape index (κ3) is 7.04. The molecule has 1 N–H and O–H groups in total. The fraction of sp³-hybridized carbons (Fsp3) is 0.464. The lowest BCUT2D eigenvalue weighted by molar-refractivity contribution is -0.141. The molecule has 4 heterocycles. The number of aromatic nitrogens is 4. The smallest absolute Gasteiger partial charge is 0.433 e. The molecule has 0 saturated carbocycles. The summed E-state index contributed by atoms with van der Waals surface area (Å²) in [5.74, 6) is 0.643. The van der Waals surface area contributed by atoms with Crippen molar-refractivity contribution in [2.75, 3.05) is 16.8 Å². The van der Waals surface area contributed by atoms with Gasteiger partial charge in [-0.15, -0.1) is 0 Å². The quantitative estimate of drug-likeness (QED) is 0.345. The molecule has 3 atom stereocenters. The van der Waals surface area contributed by atoms with Gasteiger partial charge in [-0.1, -0.05) is 7.43 Å². The lowest BCUT2D eigenvalue weighted by Gasteiger charge is -2.31. The van der Waals surface area contributed by atoms with Gasteiger partial charge in [-0.25, -0.2) is 9.78 Å². The number of pyridine rings is 2. The first kappa shape index (κ1) is 30.7. The number of nitrogens with one attached hydrogen (secondary N) is 1. The molecule has 0 spiro atoms. The number of cyclic esters (lactones) is 1. The number of rotatable bonds is 7. The van der Waals surface area contributed by atoms with Gasteiger partial charge in [-0.3, -0.25) is 14.9 Å². The predicted octanol–water partition coefficient (Wildman–Crippen LogP) is 6.60. The highest BCUT2D eigenvalue weighted by molar-refractivity contribution is 5.89. The van der Waals surface area contributed by atoms with E-state index in [4.69, 9.17) is 9.47 Å². The molecule has 1 saturated heterocycles. The molecule has 40 heavy (non-hydrogen) atoms. The number of carbonyl (C=O) groups is 1. The Labute approximate surface area is 232 Å². The highest BCUT2D eigenvalue weighted by Gasteiger charge is 2.40. The summed E-state index contributed by atoms with van der Waals surface area (Å²) >= 11 is 0. The van der Waals surface area contributed by atoms with Gasteiger partial charge in [0.15, 0.2) is 0 Å². The molecule has 0 aliphatic carbocycles. The number of carbonyl (C=O) groups excluding carboxylic acids is 1. The fourth-order valence-electron chi connectivity index (χ4n) is 4.37. The van der Waals surface area contributed by atoms with Gasteiger partial charge in [0.1, 0.15) is 24.2 Å². The van der Waals surface area contributed by atoms with Crippen LogP contribution in [0.4, 0.5) is 29.7 Å². The minimum Gasteiger partial charge on any atom is -0.447 e. The number of aryl methyl sites for hydroxylation is 1. The van der Waals surface area contributed by atoms with Crippen molar-refractivity contribution in [3.63, 3.8) is 0 Å². The minimum absolute atomic E-state index is 0. The Hall–Kier alpha value is -3.80. The van der Waals surface area contributed by atoms with Crippen LogP contribution in [-0.4, -0.2) is 50.4 Å². The van der Waals surface area contributed by atoms with Gasteiger partial charge in [0.05, 0.1) is 23.4 Å². The summed E-state index contributed by atoms with van der Waals surface area (Å²) in [5, 5.41) is 3.18. The Morgan fingerprint density at radius 2 is 1.80 bits per heavy atom. The van der Waals surface area contributed by atoms with Crippen LogP contribution in [0, 0.1) is 6.92 Å². The second-order valence-corrected chi connectivity index (χ2v) is 10.4. The van der Waals surface area contributed by atoms with Gasteiger partial charge in [-0.05, 0) is 76.9 Å². The summed E-state index contributed by atoms with van der Waals surface area (Å²) < 4.78 is 50.7. The van der Waals surface area contributed by atoms with E-state index in [1.165, 1.54) is 17.2 Å². The van der Waals surface area contributed by atoms with Crippen molar-refractivity contribution in [2.45, 2.75) is 78.9 Å². The van der Waals surface area contributed by atoms with E-state index in [-0.39, 0.29) is 38.2 Å². The van der Waals surface area contributed by atoms with Crippen LogP contribution in [0.3, 0.4) is 0 Å². The lowest BCUT2D eigenvalue weighted by Crippen LogP contribution is -2.45. The van der Waals surface area contributed by atoms with Gasteiger partial charge >= 0.3 is 12.3 Å². The Morgan fingerprint density at radius 3 is 2.45 bits per heavy atom. The fourth-order valence-corrected chi connectivity index (χ4v) is 4.37. The summed E-state index contributed by atoms with van der Waals surface area (Å²) in [6, 6.07) is 5.24. The van der Waals surface area contributed by atoms with E-state index in [0.29, 0.717) is 22.6 Å². The van der Waals surface area contributed by atoms with Crippen molar-refractivity contribution in [3.05, 3.63) is 59.8 Å². The topological polar surface area (TPSA) is 102 Å². The number of halogens is 3. The van der Waals surface area contributed by atoms with Crippen molar-refractivity contribution in [1.82, 2.24) is 19.9 Å². The highest BCUT2D eigenvalue weighted by Crippen LogP contribution is 2.32. The average Bonchev–Trinajstić information content (AvgIpc) is 3.24. The van der Waals surface area contributed by atoms with Gasteiger partial charge in [-0.2, -0.15) is 18.2 Å². The third-order valence-corrected chi connectivity index (χ3v) is 6.16. The van der Waals surface area contributed by atoms with Crippen LogP contribution in [0.25, 0.3) is 11.1 Å². The van der Waals surface area contributed by atoms with E-state index in [9.17, 15) is 18.0 Å². The van der Waals surface area contributed by atoms with E-state index < -0.39 is 23.6 Å². The zero-order valence-electron chi connectivity index (χ0n) is 22.6. The highest BCUT2D eigenvalue weighted by atomic mass is 19.4. The van der Waals surface area contributed by atoms with E-state index in [1.54, 1.807) is 25.3 Å². The molecule has 12 heteroatoms. The predicted molar refractivity (Wildman–Crippen MR) is 146 cm³/mol. The molecule has 0 unspecified atom stereocenters. The third-order valence-electron chi connectivity index (χ3n) is 6.16. The first-order chi connectivity index (χ1) is 18.2. The molecule has 1 amide bonds. The summed E-state index contributed by atoms with van der Waals surface area (Å²) in [5.41, 5.74) is 0.978. The molecule has 0 bridgehead atoms. The van der Waals surface area contributed by atoms with Crippen LogP contribution < -0.4 is 10.2 Å². The Kier molecular flexibility index (Phi) is 9.03. The monoisotopic (exact) mass is 560 g/mol. The number of ether oxygens (including phenoxy) is 2. The Balaban J connectivity index is 0.00000441. The van der Waals surface area contributed by atoms with E-state index in [2.05, 4.69) is 25.3 Å². The number of hydrogen-bond acceptors (Lipinski definition) is 8. The maximum atomic E-state index is 13.1. The number of nitrogens with zero attached hydrogens (tertiary/aromatic N) is 5. The summed E-state index contributed by atoms with van der Waals surface area (Å²) in [6.45, 7) is 11.6. The van der Waals surface area contributed by atoms with Gasteiger partial charge < -0.3 is 14.8 Å². The zero-order chi connectivity index (χ0) is 28.5. The molecule has 4 rings (SSSR count). The molecular weight excluding hydrogens is 525 g/mol. The SMILES string of the molecule is C.Cc1cc([C@H](C)Nc2nccc(N3C(=O)OC[C@@H]3[C@@H](C)OC(C)(C)C)n2)ncc1-c1ccnc(C(F)(F)F)c1. The lowest BCUT2D eigenvalue weighted by atomic mass is 10.0. The molecular formula is C28H35F3N6O3. The molecule has 0 radical (unpaired) electrons. The number of anilines is 2. The molecule has 1 aliphatic heterocycles. The number of hydrogen-bond donors (Lipinski definition) is 1. The molecule has 3 aromatic rings. The van der Waals surface area contributed by atoms with E-state index in [0.717, 1.165) is 17.8 Å². The molecule has 216 valence electrons. The minimum atomic E-state index is -4.53. The van der Waals surface area contributed by atoms with Crippen LogP contribution in [0.5, 0.6) is 0 Å². The molecule has 1 aliphatic rings. The van der Waals surface area contributed by atoms with Crippen molar-refractivity contribution < 1.29 is 27.4 Å². The summed E-state index contributed by atoms with van der Waals surface area (Å²) in [7, 11) is 0. The van der Waals surface area contributed by atoms with Gasteiger partial charge in [0.25, 0.3) is 0 Å². The number of alkyl halides is 3. The van der Waals surface area contributed by atoms with Crippen LogP contribution in [0.15, 0.2) is 42.9 Å². The molecule has 9 nitrogen and oxygen atoms in total. The van der Waals surface area contributed by atoms with Gasteiger partial charge in [0.2, 0.25) is 5.95 Å². The Bertz CT molecular complexity index is 1350. The van der Waals surface area contributed by atoms with E-state index in [1.807, 2.05) is 34.6 Å². The maximum absolute atomic E-state index is 13.1. The Morgan fingerprint density at radius 1 is 1.10 bits per heavy atom. The van der Waals surface area contributed by atoms with Crippen LogP contribution in [0.2, 0.25) is 0 Å².